The molecule has 1 aromatic heterocycles. The fourth-order valence-electron chi connectivity index (χ4n) is 3.24. The van der Waals surface area contributed by atoms with Crippen molar-refractivity contribution in [3.8, 4) is 5.75 Å². The number of hydrogen-bond acceptors (Lipinski definition) is 4. The van der Waals surface area contributed by atoms with Gasteiger partial charge >= 0.3 is 0 Å². The SMILES string of the molecule is COc1cccc([C@H]2C[C@@H](O)CN2C(=O)c2c(C)coc2C)c1. The molecule has 0 unspecified atom stereocenters. The third-order valence-electron chi connectivity index (χ3n) is 4.39. The molecule has 1 fully saturated rings. The summed E-state index contributed by atoms with van der Waals surface area (Å²) in [6.45, 7) is 3.97. The van der Waals surface area contributed by atoms with E-state index in [0.717, 1.165) is 16.9 Å². The van der Waals surface area contributed by atoms with E-state index in [4.69, 9.17) is 9.15 Å². The Balaban J connectivity index is 1.95. The van der Waals surface area contributed by atoms with E-state index < -0.39 is 6.10 Å². The predicted octanol–water partition coefficient (Wildman–Crippen LogP) is 2.85. The van der Waals surface area contributed by atoms with Crippen LogP contribution in [0.25, 0.3) is 0 Å². The average molecular weight is 315 g/mol. The molecule has 2 heterocycles. The van der Waals surface area contributed by atoms with Crippen LogP contribution < -0.4 is 4.74 Å². The van der Waals surface area contributed by atoms with Gasteiger partial charge in [-0.15, -0.1) is 0 Å². The topological polar surface area (TPSA) is 62.9 Å². The summed E-state index contributed by atoms with van der Waals surface area (Å²) in [5.74, 6) is 1.25. The Kier molecular flexibility index (Phi) is 4.13. The van der Waals surface area contributed by atoms with Crippen molar-refractivity contribution in [2.24, 2.45) is 0 Å². The van der Waals surface area contributed by atoms with Crippen LogP contribution in [0, 0.1) is 13.8 Å². The quantitative estimate of drug-likeness (QED) is 0.946. The number of carbonyl (C=O) groups is 1. The molecule has 1 amide bonds. The number of aliphatic hydroxyl groups excluding tert-OH is 1. The third-order valence-corrected chi connectivity index (χ3v) is 4.39. The van der Waals surface area contributed by atoms with Crippen molar-refractivity contribution in [3.05, 3.63) is 53.0 Å². The Bertz CT molecular complexity index is 702. The molecule has 0 radical (unpaired) electrons. The number of benzene rings is 1. The fraction of sp³-hybridized carbons (Fsp3) is 0.389. The van der Waals surface area contributed by atoms with E-state index in [-0.39, 0.29) is 11.9 Å². The van der Waals surface area contributed by atoms with Crippen molar-refractivity contribution < 1.29 is 19.1 Å². The van der Waals surface area contributed by atoms with Crippen LogP contribution in [0.15, 0.2) is 34.9 Å². The van der Waals surface area contributed by atoms with Gasteiger partial charge in [0, 0.05) is 12.1 Å². The molecular formula is C18H21NO4. The van der Waals surface area contributed by atoms with Gasteiger partial charge in [0.1, 0.15) is 11.5 Å². The number of aryl methyl sites for hydroxylation is 2. The number of nitrogens with zero attached hydrogens (tertiary/aromatic N) is 1. The van der Waals surface area contributed by atoms with E-state index >= 15 is 0 Å². The highest BCUT2D eigenvalue weighted by molar-refractivity contribution is 5.97. The molecule has 1 N–H and O–H groups in total. The number of aliphatic hydroxyl groups is 1. The second kappa shape index (κ2) is 6.08. The Labute approximate surface area is 135 Å². The van der Waals surface area contributed by atoms with Crippen molar-refractivity contribution in [1.29, 1.82) is 0 Å². The largest absolute Gasteiger partial charge is 0.497 e. The van der Waals surface area contributed by atoms with Crippen LogP contribution in [-0.4, -0.2) is 35.7 Å². The molecule has 122 valence electrons. The predicted molar refractivity (Wildman–Crippen MR) is 85.6 cm³/mol. The summed E-state index contributed by atoms with van der Waals surface area (Å²) in [5, 5.41) is 10.1. The molecule has 2 aromatic rings. The van der Waals surface area contributed by atoms with Gasteiger partial charge in [-0.2, -0.15) is 0 Å². The van der Waals surface area contributed by atoms with Gasteiger partial charge in [-0.05, 0) is 38.0 Å². The lowest BCUT2D eigenvalue weighted by Gasteiger charge is -2.25. The number of rotatable bonds is 3. The lowest BCUT2D eigenvalue weighted by atomic mass is 10.0. The minimum atomic E-state index is -0.525. The monoisotopic (exact) mass is 315 g/mol. The molecule has 2 atom stereocenters. The van der Waals surface area contributed by atoms with Crippen LogP contribution in [-0.2, 0) is 0 Å². The molecule has 0 bridgehead atoms. The summed E-state index contributed by atoms with van der Waals surface area (Å²) in [5.41, 5.74) is 2.37. The lowest BCUT2D eigenvalue weighted by Crippen LogP contribution is -2.32. The smallest absolute Gasteiger partial charge is 0.258 e. The summed E-state index contributed by atoms with van der Waals surface area (Å²) in [4.78, 5) is 14.7. The van der Waals surface area contributed by atoms with Crippen LogP contribution in [0.4, 0.5) is 0 Å². The zero-order chi connectivity index (χ0) is 16.6. The number of amides is 1. The van der Waals surface area contributed by atoms with Gasteiger partial charge in [0.15, 0.2) is 0 Å². The molecule has 5 nitrogen and oxygen atoms in total. The Morgan fingerprint density at radius 2 is 2.17 bits per heavy atom. The van der Waals surface area contributed by atoms with Gasteiger partial charge in [0.05, 0.1) is 31.1 Å². The van der Waals surface area contributed by atoms with E-state index in [0.29, 0.717) is 24.3 Å². The normalized spacial score (nSPS) is 20.8. The van der Waals surface area contributed by atoms with Gasteiger partial charge in [-0.3, -0.25) is 4.79 Å². The molecule has 23 heavy (non-hydrogen) atoms. The standard InChI is InChI=1S/C18H21NO4/c1-11-10-23-12(2)17(11)18(21)19-9-14(20)8-16(19)13-5-4-6-15(7-13)22-3/h4-7,10,14,16,20H,8-9H2,1-3H3/t14-,16-/m1/s1. The van der Waals surface area contributed by atoms with Crippen molar-refractivity contribution in [3.63, 3.8) is 0 Å². The molecule has 0 saturated carbocycles. The molecule has 1 aliphatic rings. The molecule has 0 aliphatic carbocycles. The number of β-amino-alcohol motifs (C(OH)–C–C–N with tert-alkyl or cyclic N) is 1. The minimum Gasteiger partial charge on any atom is -0.497 e. The van der Waals surface area contributed by atoms with Crippen LogP contribution in [0.1, 0.15) is 39.7 Å². The van der Waals surface area contributed by atoms with Crippen LogP contribution in [0.2, 0.25) is 0 Å². The number of likely N-dealkylation sites (tertiary alicyclic amines) is 1. The second-order valence-corrected chi connectivity index (χ2v) is 5.99. The Hall–Kier alpha value is -2.27. The van der Waals surface area contributed by atoms with Crippen molar-refractivity contribution in [2.45, 2.75) is 32.4 Å². The molecule has 1 aliphatic heterocycles. The number of ether oxygens (including phenoxy) is 1. The van der Waals surface area contributed by atoms with Gasteiger partial charge in [0.25, 0.3) is 5.91 Å². The van der Waals surface area contributed by atoms with Crippen LogP contribution in [0.3, 0.4) is 0 Å². The maximum Gasteiger partial charge on any atom is 0.258 e. The highest BCUT2D eigenvalue weighted by Crippen LogP contribution is 2.35. The summed E-state index contributed by atoms with van der Waals surface area (Å²) in [6.07, 6.45) is 1.59. The molecule has 1 aromatic carbocycles. The zero-order valence-corrected chi connectivity index (χ0v) is 13.6. The Morgan fingerprint density at radius 3 is 2.83 bits per heavy atom. The van der Waals surface area contributed by atoms with Gasteiger partial charge in [-0.1, -0.05) is 12.1 Å². The zero-order valence-electron chi connectivity index (χ0n) is 13.6. The fourth-order valence-corrected chi connectivity index (χ4v) is 3.24. The minimum absolute atomic E-state index is 0.0990. The van der Waals surface area contributed by atoms with E-state index in [1.165, 1.54) is 0 Å². The Morgan fingerprint density at radius 1 is 1.39 bits per heavy atom. The van der Waals surface area contributed by atoms with Crippen molar-refractivity contribution in [2.75, 3.05) is 13.7 Å². The molecule has 0 spiro atoms. The number of carbonyl (C=O) groups excluding carboxylic acids is 1. The number of furan rings is 1. The first-order chi connectivity index (χ1) is 11.0. The summed E-state index contributed by atoms with van der Waals surface area (Å²) in [6, 6.07) is 7.47. The molecular weight excluding hydrogens is 294 g/mol. The first kappa shape index (κ1) is 15.6. The maximum atomic E-state index is 13.0. The average Bonchev–Trinajstić information content (AvgIpc) is 3.09. The molecule has 1 saturated heterocycles. The van der Waals surface area contributed by atoms with E-state index in [1.54, 1.807) is 25.2 Å². The van der Waals surface area contributed by atoms with Crippen LogP contribution >= 0.6 is 0 Å². The number of hydrogen-bond donors (Lipinski definition) is 1. The summed E-state index contributed by atoms with van der Waals surface area (Å²) in [7, 11) is 1.61. The number of methoxy groups -OCH3 is 1. The van der Waals surface area contributed by atoms with E-state index in [2.05, 4.69) is 0 Å². The lowest BCUT2D eigenvalue weighted by molar-refractivity contribution is 0.0713. The van der Waals surface area contributed by atoms with Crippen LogP contribution in [0.5, 0.6) is 5.75 Å². The highest BCUT2D eigenvalue weighted by Gasteiger charge is 2.37. The first-order valence-corrected chi connectivity index (χ1v) is 7.69. The van der Waals surface area contributed by atoms with Gasteiger partial charge in [0.2, 0.25) is 0 Å². The van der Waals surface area contributed by atoms with Gasteiger partial charge in [-0.25, -0.2) is 0 Å². The summed E-state index contributed by atoms with van der Waals surface area (Å²) >= 11 is 0. The van der Waals surface area contributed by atoms with Crippen molar-refractivity contribution in [1.82, 2.24) is 4.90 Å². The van der Waals surface area contributed by atoms with Crippen molar-refractivity contribution >= 4 is 5.91 Å². The maximum absolute atomic E-state index is 13.0. The summed E-state index contributed by atoms with van der Waals surface area (Å²) < 4.78 is 10.6. The van der Waals surface area contributed by atoms with Gasteiger partial charge < -0.3 is 19.2 Å². The molecule has 3 rings (SSSR count). The van der Waals surface area contributed by atoms with E-state index in [1.807, 2.05) is 31.2 Å². The van der Waals surface area contributed by atoms with E-state index in [9.17, 15) is 9.90 Å². The highest BCUT2D eigenvalue weighted by atomic mass is 16.5. The first-order valence-electron chi connectivity index (χ1n) is 7.69. The second-order valence-electron chi connectivity index (χ2n) is 5.99. The third kappa shape index (κ3) is 2.84. The molecule has 5 heteroatoms.